The van der Waals surface area contributed by atoms with Crippen molar-refractivity contribution in [2.24, 2.45) is 0 Å². The lowest BCUT2D eigenvalue weighted by Gasteiger charge is -2.10. The Kier molecular flexibility index (Phi) is 4.42. The fourth-order valence-electron chi connectivity index (χ4n) is 2.06. The molecule has 106 valence electrons. The van der Waals surface area contributed by atoms with Crippen molar-refractivity contribution in [1.29, 1.82) is 0 Å². The molecule has 2 N–H and O–H groups in total. The second-order valence-electron chi connectivity index (χ2n) is 4.39. The van der Waals surface area contributed by atoms with E-state index in [1.165, 1.54) is 7.11 Å². The summed E-state index contributed by atoms with van der Waals surface area (Å²) in [6.45, 7) is 0.134. The lowest BCUT2D eigenvalue weighted by atomic mass is 9.99. The fourth-order valence-corrected chi connectivity index (χ4v) is 2.06. The highest BCUT2D eigenvalue weighted by molar-refractivity contribution is 5.89. The summed E-state index contributed by atoms with van der Waals surface area (Å²) < 4.78 is 10.2. The van der Waals surface area contributed by atoms with Gasteiger partial charge in [-0.2, -0.15) is 0 Å². The van der Waals surface area contributed by atoms with Crippen molar-refractivity contribution in [3.8, 4) is 11.5 Å². The Morgan fingerprint density at radius 1 is 1.25 bits per heavy atom. The Bertz CT molecular complexity index is 621. The first-order chi connectivity index (χ1) is 9.61. The largest absolute Gasteiger partial charge is 0.508 e. The summed E-state index contributed by atoms with van der Waals surface area (Å²) in [6.07, 6.45) is 0.238. The van der Waals surface area contributed by atoms with Gasteiger partial charge in [0.25, 0.3) is 0 Å². The SMILES string of the molecule is COCOc1ccc2ccc(O)c(CCC(=O)O)c2c1. The molecule has 0 unspecified atom stereocenters. The molecule has 5 heteroatoms. The number of fused-ring (bicyclic) bond motifs is 1. The lowest BCUT2D eigenvalue weighted by Crippen LogP contribution is -2.00. The van der Waals surface area contributed by atoms with Gasteiger partial charge in [0, 0.05) is 19.1 Å². The molecule has 0 spiro atoms. The number of hydrogen-bond donors (Lipinski definition) is 2. The zero-order valence-corrected chi connectivity index (χ0v) is 11.1. The molecule has 2 aromatic rings. The van der Waals surface area contributed by atoms with Gasteiger partial charge in [0.1, 0.15) is 11.5 Å². The smallest absolute Gasteiger partial charge is 0.303 e. The standard InChI is InChI=1S/C15H16O5/c1-19-9-20-11-4-2-10-3-6-14(16)12(13(10)8-11)5-7-15(17)18/h2-4,6,8,16H,5,7,9H2,1H3,(H,17,18). The molecular formula is C15H16O5. The predicted molar refractivity (Wildman–Crippen MR) is 74.1 cm³/mol. The highest BCUT2D eigenvalue weighted by Gasteiger charge is 2.10. The van der Waals surface area contributed by atoms with Crippen molar-refractivity contribution < 1.29 is 24.5 Å². The first-order valence-corrected chi connectivity index (χ1v) is 6.20. The van der Waals surface area contributed by atoms with Crippen molar-refractivity contribution in [3.05, 3.63) is 35.9 Å². The first-order valence-electron chi connectivity index (χ1n) is 6.20. The van der Waals surface area contributed by atoms with Crippen LogP contribution in [0, 0.1) is 0 Å². The van der Waals surface area contributed by atoms with Crippen molar-refractivity contribution >= 4 is 16.7 Å². The minimum atomic E-state index is -0.895. The van der Waals surface area contributed by atoms with Crippen LogP contribution in [-0.2, 0) is 16.0 Å². The fraction of sp³-hybridized carbons (Fsp3) is 0.267. The Labute approximate surface area is 116 Å². The number of ether oxygens (including phenoxy) is 2. The number of carboxylic acids is 1. The van der Waals surface area contributed by atoms with Gasteiger partial charge in [-0.15, -0.1) is 0 Å². The molecule has 2 aromatic carbocycles. The van der Waals surface area contributed by atoms with E-state index in [4.69, 9.17) is 14.6 Å². The van der Waals surface area contributed by atoms with Gasteiger partial charge in [-0.1, -0.05) is 12.1 Å². The number of phenolic OH excluding ortho intramolecular Hbond substituents is 1. The van der Waals surface area contributed by atoms with Gasteiger partial charge < -0.3 is 19.7 Å². The van der Waals surface area contributed by atoms with Gasteiger partial charge in [-0.05, 0) is 35.4 Å². The molecule has 2 rings (SSSR count). The predicted octanol–water partition coefficient (Wildman–Crippen LogP) is 2.55. The molecule has 0 amide bonds. The van der Waals surface area contributed by atoms with Crippen LogP contribution >= 0.6 is 0 Å². The van der Waals surface area contributed by atoms with Crippen molar-refractivity contribution in [3.63, 3.8) is 0 Å². The quantitative estimate of drug-likeness (QED) is 0.793. The van der Waals surface area contributed by atoms with E-state index in [-0.39, 0.29) is 25.4 Å². The van der Waals surface area contributed by atoms with Crippen LogP contribution in [0.4, 0.5) is 0 Å². The average Bonchev–Trinajstić information content (AvgIpc) is 2.43. The van der Waals surface area contributed by atoms with Crippen LogP contribution in [0.2, 0.25) is 0 Å². The van der Waals surface area contributed by atoms with Crippen LogP contribution < -0.4 is 4.74 Å². The number of carboxylic acid groups (broad SMARTS) is 1. The molecule has 0 fully saturated rings. The molecule has 0 bridgehead atoms. The monoisotopic (exact) mass is 276 g/mol. The summed E-state index contributed by atoms with van der Waals surface area (Å²) in [7, 11) is 1.53. The molecule has 0 aliphatic rings. The molecule has 0 heterocycles. The summed E-state index contributed by atoms with van der Waals surface area (Å²) in [6, 6.07) is 8.82. The average molecular weight is 276 g/mol. The second kappa shape index (κ2) is 6.25. The van der Waals surface area contributed by atoms with Crippen LogP contribution in [0.15, 0.2) is 30.3 Å². The van der Waals surface area contributed by atoms with Gasteiger partial charge in [-0.3, -0.25) is 4.79 Å². The molecule has 5 nitrogen and oxygen atoms in total. The molecule has 0 radical (unpaired) electrons. The summed E-state index contributed by atoms with van der Waals surface area (Å²) >= 11 is 0. The van der Waals surface area contributed by atoms with E-state index in [1.807, 2.05) is 6.07 Å². The van der Waals surface area contributed by atoms with E-state index in [1.54, 1.807) is 24.3 Å². The molecule has 0 aliphatic carbocycles. The third kappa shape index (κ3) is 3.19. The van der Waals surface area contributed by atoms with E-state index in [0.29, 0.717) is 11.3 Å². The number of phenols is 1. The van der Waals surface area contributed by atoms with Crippen molar-refractivity contribution in [2.75, 3.05) is 13.9 Å². The minimum Gasteiger partial charge on any atom is -0.508 e. The molecule has 0 saturated heterocycles. The minimum absolute atomic E-state index is 0.0319. The third-order valence-corrected chi connectivity index (χ3v) is 3.01. The van der Waals surface area contributed by atoms with Gasteiger partial charge in [-0.25, -0.2) is 0 Å². The number of carbonyl (C=O) groups is 1. The molecule has 0 aliphatic heterocycles. The van der Waals surface area contributed by atoms with Gasteiger partial charge in [0.15, 0.2) is 6.79 Å². The number of aromatic hydroxyl groups is 1. The normalized spacial score (nSPS) is 10.7. The summed E-state index contributed by atoms with van der Waals surface area (Å²) in [4.78, 5) is 10.7. The van der Waals surface area contributed by atoms with Gasteiger partial charge in [0.05, 0.1) is 0 Å². The summed E-state index contributed by atoms with van der Waals surface area (Å²) in [5, 5.41) is 20.4. The van der Waals surface area contributed by atoms with Crippen LogP contribution in [0.5, 0.6) is 11.5 Å². The van der Waals surface area contributed by atoms with Crippen molar-refractivity contribution in [2.45, 2.75) is 12.8 Å². The van der Waals surface area contributed by atoms with Crippen molar-refractivity contribution in [1.82, 2.24) is 0 Å². The van der Waals surface area contributed by atoms with E-state index in [2.05, 4.69) is 0 Å². The maximum Gasteiger partial charge on any atom is 0.303 e. The number of rotatable bonds is 6. The number of benzene rings is 2. The molecule has 0 aromatic heterocycles. The zero-order chi connectivity index (χ0) is 14.5. The van der Waals surface area contributed by atoms with Gasteiger partial charge >= 0.3 is 5.97 Å². The molecular weight excluding hydrogens is 260 g/mol. The lowest BCUT2D eigenvalue weighted by molar-refractivity contribution is -0.136. The van der Waals surface area contributed by atoms with E-state index in [0.717, 1.165) is 10.8 Å². The number of aliphatic carboxylic acids is 1. The highest BCUT2D eigenvalue weighted by atomic mass is 16.7. The molecule has 20 heavy (non-hydrogen) atoms. The van der Waals surface area contributed by atoms with Crippen LogP contribution in [0.3, 0.4) is 0 Å². The zero-order valence-electron chi connectivity index (χ0n) is 11.1. The highest BCUT2D eigenvalue weighted by Crippen LogP contribution is 2.31. The number of methoxy groups -OCH3 is 1. The van der Waals surface area contributed by atoms with E-state index < -0.39 is 5.97 Å². The van der Waals surface area contributed by atoms with E-state index >= 15 is 0 Å². The molecule has 0 atom stereocenters. The maximum atomic E-state index is 10.7. The summed E-state index contributed by atoms with van der Waals surface area (Å²) in [5.41, 5.74) is 0.618. The van der Waals surface area contributed by atoms with Crippen LogP contribution in [0.1, 0.15) is 12.0 Å². The van der Waals surface area contributed by atoms with Gasteiger partial charge in [0.2, 0.25) is 0 Å². The van der Waals surface area contributed by atoms with E-state index in [9.17, 15) is 9.90 Å². The summed E-state index contributed by atoms with van der Waals surface area (Å²) in [5.74, 6) is -0.183. The van der Waals surface area contributed by atoms with Crippen LogP contribution in [0.25, 0.3) is 10.8 Å². The second-order valence-corrected chi connectivity index (χ2v) is 4.39. The topological polar surface area (TPSA) is 76.0 Å². The number of hydrogen-bond acceptors (Lipinski definition) is 4. The first kappa shape index (κ1) is 14.1. The Morgan fingerprint density at radius 3 is 2.70 bits per heavy atom. The number of aryl methyl sites for hydroxylation is 1. The maximum absolute atomic E-state index is 10.7. The Balaban J connectivity index is 2.41. The third-order valence-electron chi connectivity index (χ3n) is 3.01. The van der Waals surface area contributed by atoms with Crippen LogP contribution in [-0.4, -0.2) is 30.1 Å². The Hall–Kier alpha value is -2.27. The Morgan fingerprint density at radius 2 is 2.00 bits per heavy atom. The molecule has 0 saturated carbocycles.